The van der Waals surface area contributed by atoms with Gasteiger partial charge in [-0.2, -0.15) is 0 Å². The second-order valence-electron chi connectivity index (χ2n) is 5.52. The molecule has 0 bridgehead atoms. The Labute approximate surface area is 128 Å². The number of rotatable bonds is 4. The van der Waals surface area contributed by atoms with Crippen LogP contribution in [0.25, 0.3) is 0 Å². The number of hydrogen-bond acceptors (Lipinski definition) is 5. The number of aryl methyl sites for hydroxylation is 1. The zero-order valence-electron chi connectivity index (χ0n) is 11.9. The molecular formula is C13H20N4OS2. The van der Waals surface area contributed by atoms with E-state index in [0.29, 0.717) is 23.0 Å². The van der Waals surface area contributed by atoms with Crippen LogP contribution in [0.2, 0.25) is 0 Å². The number of aromatic nitrogens is 2. The van der Waals surface area contributed by atoms with Crippen LogP contribution in [0.15, 0.2) is 0 Å². The van der Waals surface area contributed by atoms with Crippen molar-refractivity contribution >= 4 is 34.6 Å². The van der Waals surface area contributed by atoms with Crippen LogP contribution in [0.1, 0.15) is 48.5 Å². The van der Waals surface area contributed by atoms with Crippen molar-refractivity contribution in [2.24, 2.45) is 11.1 Å². The molecule has 1 saturated heterocycles. The molecule has 2 heterocycles. The molecule has 1 fully saturated rings. The van der Waals surface area contributed by atoms with Crippen LogP contribution < -0.4 is 5.73 Å². The largest absolute Gasteiger partial charge is 0.393 e. The number of nitrogens with zero attached hydrogens (tertiary/aromatic N) is 3. The fraction of sp³-hybridized carbons (Fsp3) is 0.692. The van der Waals surface area contributed by atoms with E-state index in [9.17, 15) is 4.79 Å². The third-order valence-electron chi connectivity index (χ3n) is 3.99. The lowest BCUT2D eigenvalue weighted by atomic mass is 9.80. The van der Waals surface area contributed by atoms with Gasteiger partial charge in [0, 0.05) is 18.5 Å². The summed E-state index contributed by atoms with van der Waals surface area (Å²) in [5.41, 5.74) is 6.49. The van der Waals surface area contributed by atoms with Crippen molar-refractivity contribution < 1.29 is 4.79 Å². The highest BCUT2D eigenvalue weighted by Gasteiger charge is 2.35. The zero-order valence-corrected chi connectivity index (χ0v) is 13.5. The van der Waals surface area contributed by atoms with E-state index in [1.54, 1.807) is 0 Å². The molecule has 2 rings (SSSR count). The lowest BCUT2D eigenvalue weighted by Gasteiger charge is -2.38. The van der Waals surface area contributed by atoms with Gasteiger partial charge in [0.15, 0.2) is 0 Å². The maximum Gasteiger partial charge on any atom is 0.267 e. The number of carbonyl (C=O) groups excluding carboxylic acids is 1. The highest BCUT2D eigenvalue weighted by Crippen LogP contribution is 2.32. The Bertz CT molecular complexity index is 506. The number of hydrogen-bond donors (Lipinski definition) is 1. The number of amides is 1. The summed E-state index contributed by atoms with van der Waals surface area (Å²) in [7, 11) is 0. The van der Waals surface area contributed by atoms with Crippen LogP contribution >= 0.6 is 23.8 Å². The molecule has 1 aromatic rings. The van der Waals surface area contributed by atoms with Crippen molar-refractivity contribution in [1.29, 1.82) is 0 Å². The van der Waals surface area contributed by atoms with Gasteiger partial charge < -0.3 is 10.6 Å². The minimum absolute atomic E-state index is 0.0495. The highest BCUT2D eigenvalue weighted by molar-refractivity contribution is 7.80. The molecule has 110 valence electrons. The van der Waals surface area contributed by atoms with Crippen LogP contribution in [-0.2, 0) is 6.42 Å². The maximum atomic E-state index is 12.5. The number of carbonyl (C=O) groups is 1. The minimum atomic E-state index is -0.121. The average Bonchev–Trinajstić information content (AvgIpc) is 2.87. The van der Waals surface area contributed by atoms with Crippen LogP contribution in [0.4, 0.5) is 0 Å². The minimum Gasteiger partial charge on any atom is -0.393 e. The first kappa shape index (κ1) is 15.3. The summed E-state index contributed by atoms with van der Waals surface area (Å²) < 4.78 is 3.92. The van der Waals surface area contributed by atoms with Crippen LogP contribution in [0.3, 0.4) is 0 Å². The Balaban J connectivity index is 2.05. The zero-order chi connectivity index (χ0) is 14.8. The van der Waals surface area contributed by atoms with Crippen molar-refractivity contribution in [3.8, 4) is 0 Å². The number of nitrogens with two attached hydrogens (primary N) is 1. The van der Waals surface area contributed by atoms with Crippen molar-refractivity contribution in [3.63, 3.8) is 0 Å². The molecule has 7 heteroatoms. The summed E-state index contributed by atoms with van der Waals surface area (Å²) in [6, 6.07) is 0. The van der Waals surface area contributed by atoms with Gasteiger partial charge in [-0.15, -0.1) is 5.10 Å². The maximum absolute atomic E-state index is 12.5. The summed E-state index contributed by atoms with van der Waals surface area (Å²) in [5, 5.41) is 4.06. The van der Waals surface area contributed by atoms with Gasteiger partial charge in [-0.3, -0.25) is 4.79 Å². The van der Waals surface area contributed by atoms with Crippen molar-refractivity contribution in [1.82, 2.24) is 14.5 Å². The van der Waals surface area contributed by atoms with Gasteiger partial charge in [-0.25, -0.2) is 0 Å². The predicted molar refractivity (Wildman–Crippen MR) is 83.9 cm³/mol. The lowest BCUT2D eigenvalue weighted by molar-refractivity contribution is 0.0674. The third-order valence-corrected chi connectivity index (χ3v) is 5.23. The molecule has 0 spiro atoms. The molecule has 0 unspecified atom stereocenters. The Kier molecular flexibility index (Phi) is 4.70. The fourth-order valence-electron chi connectivity index (χ4n) is 2.36. The normalized spacial score (nSPS) is 18.0. The smallest absolute Gasteiger partial charge is 0.267 e. The molecule has 20 heavy (non-hydrogen) atoms. The number of likely N-dealkylation sites (tertiary alicyclic amines) is 1. The standard InChI is InChI=1S/C13H20N4OS2/c1-3-4-9-10(20-16-15-9)11(18)17-7-5-13(2,6-8-17)12(14)19/h3-8H2,1-2H3,(H2,14,19). The van der Waals surface area contributed by atoms with Gasteiger partial charge in [-0.1, -0.05) is 37.0 Å². The molecule has 0 aromatic carbocycles. The molecule has 1 aliphatic heterocycles. The third kappa shape index (κ3) is 2.98. The first-order valence-electron chi connectivity index (χ1n) is 6.88. The van der Waals surface area contributed by atoms with Gasteiger partial charge in [-0.05, 0) is 30.8 Å². The Morgan fingerprint density at radius 3 is 2.70 bits per heavy atom. The quantitative estimate of drug-likeness (QED) is 0.861. The van der Waals surface area contributed by atoms with E-state index in [4.69, 9.17) is 18.0 Å². The van der Waals surface area contributed by atoms with Gasteiger partial charge in [0.2, 0.25) is 0 Å². The van der Waals surface area contributed by atoms with E-state index in [2.05, 4.69) is 23.4 Å². The molecule has 1 aliphatic rings. The summed E-state index contributed by atoms with van der Waals surface area (Å²) in [6.45, 7) is 5.53. The molecule has 1 aromatic heterocycles. The monoisotopic (exact) mass is 312 g/mol. The molecular weight excluding hydrogens is 292 g/mol. The molecule has 2 N–H and O–H groups in total. The van der Waals surface area contributed by atoms with E-state index >= 15 is 0 Å². The van der Waals surface area contributed by atoms with Gasteiger partial charge >= 0.3 is 0 Å². The lowest BCUT2D eigenvalue weighted by Crippen LogP contribution is -2.46. The Morgan fingerprint density at radius 2 is 2.15 bits per heavy atom. The van der Waals surface area contributed by atoms with Crippen molar-refractivity contribution in [2.75, 3.05) is 13.1 Å². The molecule has 0 atom stereocenters. The second-order valence-corrected chi connectivity index (χ2v) is 6.71. The van der Waals surface area contributed by atoms with Crippen molar-refractivity contribution in [2.45, 2.75) is 39.5 Å². The van der Waals surface area contributed by atoms with Gasteiger partial charge in [0.25, 0.3) is 5.91 Å². The molecule has 5 nitrogen and oxygen atoms in total. The van der Waals surface area contributed by atoms with E-state index in [1.807, 2.05) is 4.90 Å². The average molecular weight is 312 g/mol. The SMILES string of the molecule is CCCc1nnsc1C(=O)N1CCC(C)(C(N)=S)CC1. The Hall–Kier alpha value is -1.08. The summed E-state index contributed by atoms with van der Waals surface area (Å²) in [5.74, 6) is 0.0495. The van der Waals surface area contributed by atoms with Gasteiger partial charge in [0.05, 0.1) is 10.7 Å². The first-order chi connectivity index (χ1) is 9.48. The Morgan fingerprint density at radius 1 is 1.50 bits per heavy atom. The van der Waals surface area contributed by atoms with Crippen LogP contribution in [-0.4, -0.2) is 38.5 Å². The van der Waals surface area contributed by atoms with E-state index < -0.39 is 0 Å². The summed E-state index contributed by atoms with van der Waals surface area (Å²) in [4.78, 5) is 15.6. The number of piperidine rings is 1. The molecule has 0 saturated carbocycles. The van der Waals surface area contributed by atoms with Gasteiger partial charge in [0.1, 0.15) is 4.88 Å². The summed E-state index contributed by atoms with van der Waals surface area (Å²) >= 11 is 6.32. The molecule has 0 radical (unpaired) electrons. The number of thiocarbonyl (C=S) groups is 1. The molecule has 0 aliphatic carbocycles. The van der Waals surface area contributed by atoms with E-state index in [0.717, 1.165) is 31.4 Å². The second kappa shape index (κ2) is 6.13. The van der Waals surface area contributed by atoms with Crippen molar-refractivity contribution in [3.05, 3.63) is 10.6 Å². The topological polar surface area (TPSA) is 72.1 Å². The molecule has 1 amide bonds. The first-order valence-corrected chi connectivity index (χ1v) is 8.06. The summed E-state index contributed by atoms with van der Waals surface area (Å²) in [6.07, 6.45) is 3.41. The van der Waals surface area contributed by atoms with E-state index in [-0.39, 0.29) is 11.3 Å². The van der Waals surface area contributed by atoms with E-state index in [1.165, 1.54) is 11.5 Å². The highest BCUT2D eigenvalue weighted by atomic mass is 32.1. The fourth-order valence-corrected chi connectivity index (χ4v) is 3.25. The van der Waals surface area contributed by atoms with Crippen LogP contribution in [0.5, 0.6) is 0 Å². The predicted octanol–water partition coefficient (Wildman–Crippen LogP) is 2.02. The van der Waals surface area contributed by atoms with Crippen LogP contribution in [0, 0.1) is 5.41 Å².